The van der Waals surface area contributed by atoms with Gasteiger partial charge in [-0.25, -0.2) is 0 Å². The number of aliphatic hydroxyl groups excluding tert-OH is 12. The summed E-state index contributed by atoms with van der Waals surface area (Å²) in [6, 6.07) is 0. The van der Waals surface area contributed by atoms with Gasteiger partial charge in [0.1, 0.15) is 91.6 Å². The molecule has 21 nitrogen and oxygen atoms in total. The Bertz CT molecular complexity index is 1030. The average Bonchev–Trinajstić information content (AvgIpc) is 3.04. The molecule has 21 heteroatoms. The minimum absolute atomic E-state index is 0.435. The van der Waals surface area contributed by atoms with Gasteiger partial charge in [0.05, 0.1) is 32.0 Å². The monoisotopic (exact) mass is 706 g/mol. The van der Waals surface area contributed by atoms with Gasteiger partial charge in [-0.2, -0.15) is 0 Å². The molecule has 5 saturated heterocycles. The third-order valence-electron chi connectivity index (χ3n) is 9.05. The fourth-order valence-corrected chi connectivity index (χ4v) is 6.08. The first-order valence-electron chi connectivity index (χ1n) is 15.5. The molecule has 5 aliphatic heterocycles. The van der Waals surface area contributed by atoms with Crippen LogP contribution >= 0.6 is 0 Å². The van der Waals surface area contributed by atoms with Crippen LogP contribution in [-0.2, 0) is 42.6 Å². The molecule has 0 aromatic heterocycles. The number of hydrogen-bond donors (Lipinski definition) is 12. The second-order valence-electron chi connectivity index (χ2n) is 12.6. The summed E-state index contributed by atoms with van der Waals surface area (Å²) in [6.07, 6.45) is -34.4. The van der Waals surface area contributed by atoms with Crippen molar-refractivity contribution in [3.05, 3.63) is 0 Å². The highest BCUT2D eigenvalue weighted by molar-refractivity contribution is 4.95. The van der Waals surface area contributed by atoms with Gasteiger partial charge in [-0.3, -0.25) is 0 Å². The largest absolute Gasteiger partial charge is 0.388 e. The lowest BCUT2D eigenvalue weighted by molar-refractivity contribution is -0.383. The van der Waals surface area contributed by atoms with Crippen LogP contribution < -0.4 is 0 Å². The maximum absolute atomic E-state index is 11.1. The van der Waals surface area contributed by atoms with Gasteiger partial charge in [-0.1, -0.05) is 0 Å². The standard InChI is InChI=1S/C27H46O21/c1-6-11(31)14(34)21(23(39)43-6)47-26-17(37)15(35)19(7(2)44-26)45-25-18(38)20(10(30)5-41-25)46-27-22(13(33)9(29)4-42-27)48-24-16(36)12(32)8(28)3-40-24/h6-39H,3-5H2,1-2H3/t6-,7+,8+,9+,10-,11+,12+,13+,14+,15+,16-,17-,18-,19+,20+,21-,22-,23-,24+,25+,26+,27+/m1/s1. The van der Waals surface area contributed by atoms with Gasteiger partial charge >= 0.3 is 0 Å². The van der Waals surface area contributed by atoms with Crippen molar-refractivity contribution in [2.75, 3.05) is 19.8 Å². The van der Waals surface area contributed by atoms with Crippen LogP contribution in [0.3, 0.4) is 0 Å². The minimum atomic E-state index is -1.85. The summed E-state index contributed by atoms with van der Waals surface area (Å²) in [4.78, 5) is 0. The smallest absolute Gasteiger partial charge is 0.187 e. The van der Waals surface area contributed by atoms with E-state index in [-0.39, 0.29) is 0 Å². The molecule has 5 aliphatic rings. The van der Waals surface area contributed by atoms with E-state index in [1.165, 1.54) is 13.8 Å². The van der Waals surface area contributed by atoms with Gasteiger partial charge in [0, 0.05) is 0 Å². The Morgan fingerprint density at radius 3 is 1.52 bits per heavy atom. The van der Waals surface area contributed by atoms with Crippen molar-refractivity contribution in [1.29, 1.82) is 0 Å². The lowest BCUT2D eigenvalue weighted by atomic mass is 9.97. The van der Waals surface area contributed by atoms with Crippen LogP contribution in [0, 0.1) is 0 Å². The predicted molar refractivity (Wildman–Crippen MR) is 146 cm³/mol. The summed E-state index contributed by atoms with van der Waals surface area (Å²) in [5.74, 6) is 0. The fraction of sp³-hybridized carbons (Fsp3) is 1.00. The van der Waals surface area contributed by atoms with Crippen LogP contribution in [0.1, 0.15) is 13.8 Å². The summed E-state index contributed by atoms with van der Waals surface area (Å²) < 4.78 is 49.4. The molecule has 12 N–H and O–H groups in total. The van der Waals surface area contributed by atoms with E-state index in [2.05, 4.69) is 0 Å². The highest BCUT2D eigenvalue weighted by Gasteiger charge is 2.53. The molecule has 5 heterocycles. The van der Waals surface area contributed by atoms with Crippen LogP contribution in [0.15, 0.2) is 0 Å². The number of hydrogen-bond acceptors (Lipinski definition) is 21. The van der Waals surface area contributed by atoms with Crippen molar-refractivity contribution >= 4 is 0 Å². The first-order chi connectivity index (χ1) is 22.6. The third-order valence-corrected chi connectivity index (χ3v) is 9.05. The molecule has 0 aromatic carbocycles. The van der Waals surface area contributed by atoms with Crippen molar-refractivity contribution in [2.24, 2.45) is 0 Å². The minimum Gasteiger partial charge on any atom is -0.388 e. The summed E-state index contributed by atoms with van der Waals surface area (Å²) in [7, 11) is 0. The quantitative estimate of drug-likeness (QED) is 0.111. The Labute approximate surface area is 273 Å². The zero-order valence-electron chi connectivity index (χ0n) is 25.9. The fourth-order valence-electron chi connectivity index (χ4n) is 6.08. The lowest BCUT2D eigenvalue weighted by Crippen LogP contribution is -2.65. The van der Waals surface area contributed by atoms with Gasteiger partial charge in [0.2, 0.25) is 0 Å². The SMILES string of the molecule is C[C@@H]1O[C@@H](O[C@@H]2[C@@H](O)[C@@H](O)[C@@H](C)O[C@H]2O)[C@H](O)[C@H](O)[C@H]1O[C@@H]1OC[C@@H](O)[C@H](O[C@@H]2OC[C@H](O)[C@H](O)[C@H]2O[C@@H]2OC[C@H](O)[C@H](O)[C@H]2O)[C@H]1O. The van der Waals surface area contributed by atoms with E-state index in [4.69, 9.17) is 42.6 Å². The van der Waals surface area contributed by atoms with E-state index >= 15 is 0 Å². The summed E-state index contributed by atoms with van der Waals surface area (Å²) in [6.45, 7) is 1.43. The Hall–Kier alpha value is -0.840. The topological polar surface area (TPSA) is 326 Å². The molecule has 48 heavy (non-hydrogen) atoms. The van der Waals surface area contributed by atoms with E-state index in [1.54, 1.807) is 0 Å². The first-order valence-corrected chi connectivity index (χ1v) is 15.5. The molecular weight excluding hydrogens is 660 g/mol. The second kappa shape index (κ2) is 15.8. The molecule has 0 spiro atoms. The molecule has 0 aliphatic carbocycles. The molecule has 5 rings (SSSR count). The Morgan fingerprint density at radius 2 is 0.854 bits per heavy atom. The van der Waals surface area contributed by atoms with E-state index in [9.17, 15) is 61.3 Å². The Kier molecular flexibility index (Phi) is 12.6. The van der Waals surface area contributed by atoms with Gasteiger partial charge in [-0.05, 0) is 13.8 Å². The Balaban J connectivity index is 1.22. The number of rotatable bonds is 8. The van der Waals surface area contributed by atoms with E-state index in [0.717, 1.165) is 0 Å². The van der Waals surface area contributed by atoms with E-state index in [0.29, 0.717) is 0 Å². The van der Waals surface area contributed by atoms with Crippen LogP contribution in [-0.4, -0.2) is 216 Å². The van der Waals surface area contributed by atoms with Crippen molar-refractivity contribution in [1.82, 2.24) is 0 Å². The molecule has 0 amide bonds. The average molecular weight is 707 g/mol. The van der Waals surface area contributed by atoms with Crippen molar-refractivity contribution in [3.8, 4) is 0 Å². The van der Waals surface area contributed by atoms with Crippen LogP contribution in [0.2, 0.25) is 0 Å². The highest BCUT2D eigenvalue weighted by atomic mass is 16.8. The van der Waals surface area contributed by atoms with Crippen LogP contribution in [0.5, 0.6) is 0 Å². The molecule has 5 fully saturated rings. The first kappa shape index (κ1) is 38.4. The van der Waals surface area contributed by atoms with Gasteiger partial charge in [0.15, 0.2) is 31.5 Å². The maximum atomic E-state index is 11.1. The Morgan fingerprint density at radius 1 is 0.375 bits per heavy atom. The normalized spacial score (nSPS) is 55.4. The summed E-state index contributed by atoms with van der Waals surface area (Å²) >= 11 is 0. The van der Waals surface area contributed by atoms with Gasteiger partial charge in [-0.15, -0.1) is 0 Å². The molecule has 0 unspecified atom stereocenters. The molecule has 0 saturated carbocycles. The lowest BCUT2D eigenvalue weighted by Gasteiger charge is -2.47. The van der Waals surface area contributed by atoms with Crippen LogP contribution in [0.25, 0.3) is 0 Å². The summed E-state index contributed by atoms with van der Waals surface area (Å²) in [5, 5.41) is 125. The predicted octanol–water partition coefficient (Wildman–Crippen LogP) is -7.95. The van der Waals surface area contributed by atoms with E-state index < -0.39 is 155 Å². The molecule has 0 radical (unpaired) electrons. The highest BCUT2D eigenvalue weighted by Crippen LogP contribution is 2.33. The van der Waals surface area contributed by atoms with Crippen molar-refractivity contribution < 1.29 is 104 Å². The molecule has 0 bridgehead atoms. The zero-order valence-corrected chi connectivity index (χ0v) is 25.9. The van der Waals surface area contributed by atoms with Gasteiger partial charge in [0.25, 0.3) is 0 Å². The number of aliphatic hydroxyl groups is 12. The summed E-state index contributed by atoms with van der Waals surface area (Å²) in [5.41, 5.74) is 0. The molecule has 0 aromatic rings. The third kappa shape index (κ3) is 7.81. The van der Waals surface area contributed by atoms with Crippen molar-refractivity contribution in [2.45, 2.75) is 149 Å². The van der Waals surface area contributed by atoms with E-state index in [1.807, 2.05) is 0 Å². The molecular formula is C27H46O21. The second-order valence-corrected chi connectivity index (χ2v) is 12.6. The zero-order chi connectivity index (χ0) is 35.2. The maximum Gasteiger partial charge on any atom is 0.187 e. The molecule has 22 atom stereocenters. The van der Waals surface area contributed by atoms with Gasteiger partial charge < -0.3 is 104 Å². The molecule has 280 valence electrons. The number of ether oxygens (including phenoxy) is 9. The van der Waals surface area contributed by atoms with Crippen molar-refractivity contribution in [3.63, 3.8) is 0 Å². The van der Waals surface area contributed by atoms with Crippen LogP contribution in [0.4, 0.5) is 0 Å².